The van der Waals surface area contributed by atoms with Crippen LogP contribution in [-0.2, 0) is 10.2 Å². The number of primary amides is 1. The first-order chi connectivity index (χ1) is 9.43. The van der Waals surface area contributed by atoms with E-state index in [1.54, 1.807) is 19.9 Å². The maximum atomic E-state index is 11.3. The molecule has 1 aromatic rings. The third-order valence-corrected chi connectivity index (χ3v) is 3.22. The number of hydrogen-bond donors (Lipinski definition) is 3. The highest BCUT2D eigenvalue weighted by atomic mass is 16.4. The number of aromatic carboxylic acids is 1. The van der Waals surface area contributed by atoms with Crippen molar-refractivity contribution in [2.24, 2.45) is 11.1 Å². The molecule has 1 heterocycles. The van der Waals surface area contributed by atoms with E-state index in [-0.39, 0.29) is 17.5 Å². The van der Waals surface area contributed by atoms with Crippen LogP contribution < -0.4 is 11.1 Å². The number of carbonyl (C=O) groups is 2. The highest BCUT2D eigenvalue weighted by Gasteiger charge is 2.25. The van der Waals surface area contributed by atoms with Crippen molar-refractivity contribution in [3.63, 3.8) is 0 Å². The number of carbonyl (C=O) groups excluding carboxylic acids is 1. The second kappa shape index (κ2) is 5.71. The van der Waals surface area contributed by atoms with Crippen LogP contribution in [-0.4, -0.2) is 28.5 Å². The van der Waals surface area contributed by atoms with Crippen LogP contribution in [0.25, 0.3) is 0 Å². The van der Waals surface area contributed by atoms with Crippen molar-refractivity contribution in [3.8, 4) is 0 Å². The Hall–Kier alpha value is -2.11. The zero-order valence-electron chi connectivity index (χ0n) is 13.2. The van der Waals surface area contributed by atoms with E-state index in [9.17, 15) is 14.7 Å². The Morgan fingerprint density at radius 1 is 1.24 bits per heavy atom. The molecule has 0 bridgehead atoms. The summed E-state index contributed by atoms with van der Waals surface area (Å²) in [5.41, 5.74) is 5.12. The Kier molecular flexibility index (Phi) is 4.61. The number of nitrogens with zero attached hydrogens (tertiary/aromatic N) is 1. The molecule has 21 heavy (non-hydrogen) atoms. The molecule has 0 spiro atoms. The molecule has 0 saturated carbocycles. The number of carboxylic acid groups (broad SMARTS) is 1. The number of carboxylic acids is 1. The van der Waals surface area contributed by atoms with Gasteiger partial charge in [-0.3, -0.25) is 4.79 Å². The van der Waals surface area contributed by atoms with Gasteiger partial charge in [-0.25, -0.2) is 9.78 Å². The molecule has 6 nitrogen and oxygen atoms in total. The lowest BCUT2D eigenvalue weighted by molar-refractivity contribution is -0.125. The van der Waals surface area contributed by atoms with E-state index in [4.69, 9.17) is 5.73 Å². The predicted octanol–water partition coefficient (Wildman–Crippen LogP) is 2.00. The summed E-state index contributed by atoms with van der Waals surface area (Å²) in [4.78, 5) is 26.9. The van der Waals surface area contributed by atoms with Crippen molar-refractivity contribution >= 4 is 17.7 Å². The number of aromatic nitrogens is 1. The molecular formula is C15H23N3O3. The van der Waals surface area contributed by atoms with Gasteiger partial charge < -0.3 is 16.2 Å². The lowest BCUT2D eigenvalue weighted by Crippen LogP contribution is -2.37. The van der Waals surface area contributed by atoms with Crippen LogP contribution in [0.2, 0.25) is 0 Å². The minimum atomic E-state index is -1.01. The molecule has 0 saturated heterocycles. The second-order valence-corrected chi connectivity index (χ2v) is 6.78. The first kappa shape index (κ1) is 16.9. The number of nitrogens with two attached hydrogens (primary N) is 1. The van der Waals surface area contributed by atoms with Crippen LogP contribution in [0.3, 0.4) is 0 Å². The van der Waals surface area contributed by atoms with E-state index in [0.29, 0.717) is 11.5 Å². The van der Waals surface area contributed by atoms with Gasteiger partial charge in [0.15, 0.2) is 0 Å². The fraction of sp³-hybridized carbons (Fsp3) is 0.533. The molecule has 4 N–H and O–H groups in total. The standard InChI is InChI=1S/C15H23N3O3/c1-14(2,3)10-6-9(12(19)20)7-11(18-10)17-8-15(4,5)13(16)21/h6-7H,8H2,1-5H3,(H2,16,21)(H,17,18)(H,19,20). The summed E-state index contributed by atoms with van der Waals surface area (Å²) in [5, 5.41) is 12.2. The number of rotatable bonds is 5. The van der Waals surface area contributed by atoms with E-state index in [2.05, 4.69) is 10.3 Å². The molecule has 1 rings (SSSR count). The Morgan fingerprint density at radius 2 is 1.81 bits per heavy atom. The fourth-order valence-electron chi connectivity index (χ4n) is 1.53. The molecule has 0 aliphatic heterocycles. The van der Waals surface area contributed by atoms with Gasteiger partial charge in [-0.1, -0.05) is 20.8 Å². The largest absolute Gasteiger partial charge is 0.478 e. The van der Waals surface area contributed by atoms with Crippen LogP contribution >= 0.6 is 0 Å². The third-order valence-electron chi connectivity index (χ3n) is 3.22. The smallest absolute Gasteiger partial charge is 0.335 e. The van der Waals surface area contributed by atoms with E-state index in [1.807, 2.05) is 20.8 Å². The minimum Gasteiger partial charge on any atom is -0.478 e. The fourth-order valence-corrected chi connectivity index (χ4v) is 1.53. The molecule has 0 fully saturated rings. The number of amides is 1. The van der Waals surface area contributed by atoms with Gasteiger partial charge in [-0.15, -0.1) is 0 Å². The predicted molar refractivity (Wildman–Crippen MR) is 81.4 cm³/mol. The van der Waals surface area contributed by atoms with Gasteiger partial charge in [0.25, 0.3) is 0 Å². The molecule has 6 heteroatoms. The molecule has 0 atom stereocenters. The first-order valence-electron chi connectivity index (χ1n) is 6.73. The molecule has 0 unspecified atom stereocenters. The van der Waals surface area contributed by atoms with E-state index in [1.165, 1.54) is 6.07 Å². The maximum Gasteiger partial charge on any atom is 0.335 e. The summed E-state index contributed by atoms with van der Waals surface area (Å²) >= 11 is 0. The molecule has 0 aliphatic rings. The summed E-state index contributed by atoms with van der Waals surface area (Å²) in [5.74, 6) is -1.02. The maximum absolute atomic E-state index is 11.3. The Labute approximate surface area is 124 Å². The van der Waals surface area contributed by atoms with Crippen LogP contribution in [0.5, 0.6) is 0 Å². The van der Waals surface area contributed by atoms with Crippen molar-refractivity contribution in [2.75, 3.05) is 11.9 Å². The van der Waals surface area contributed by atoms with Gasteiger partial charge in [-0.05, 0) is 26.0 Å². The summed E-state index contributed by atoms with van der Waals surface area (Å²) in [7, 11) is 0. The van der Waals surface area contributed by atoms with Gasteiger partial charge >= 0.3 is 5.97 Å². The molecule has 1 amide bonds. The second-order valence-electron chi connectivity index (χ2n) is 6.78. The monoisotopic (exact) mass is 293 g/mol. The summed E-state index contributed by atoms with van der Waals surface area (Å²) in [6.07, 6.45) is 0. The van der Waals surface area contributed by atoms with Gasteiger partial charge in [0, 0.05) is 17.7 Å². The topological polar surface area (TPSA) is 105 Å². The quantitative estimate of drug-likeness (QED) is 0.770. The zero-order chi connectivity index (χ0) is 16.4. The van der Waals surface area contributed by atoms with Crippen molar-refractivity contribution < 1.29 is 14.7 Å². The number of anilines is 1. The van der Waals surface area contributed by atoms with E-state index < -0.39 is 17.3 Å². The molecule has 0 radical (unpaired) electrons. The number of hydrogen-bond acceptors (Lipinski definition) is 4. The minimum absolute atomic E-state index is 0.161. The van der Waals surface area contributed by atoms with Gasteiger partial charge in [0.1, 0.15) is 5.82 Å². The number of nitrogens with one attached hydrogen (secondary N) is 1. The van der Waals surface area contributed by atoms with E-state index >= 15 is 0 Å². The average molecular weight is 293 g/mol. The first-order valence-corrected chi connectivity index (χ1v) is 6.73. The van der Waals surface area contributed by atoms with Crippen molar-refractivity contribution in [3.05, 3.63) is 23.4 Å². The molecule has 1 aromatic heterocycles. The average Bonchev–Trinajstić information content (AvgIpc) is 2.34. The third kappa shape index (κ3) is 4.44. The Bertz CT molecular complexity index is 560. The van der Waals surface area contributed by atoms with Gasteiger partial charge in [0.2, 0.25) is 5.91 Å². The lowest BCUT2D eigenvalue weighted by atomic mass is 9.90. The number of pyridine rings is 1. The lowest BCUT2D eigenvalue weighted by Gasteiger charge is -2.23. The summed E-state index contributed by atoms with van der Waals surface area (Å²) in [6.45, 7) is 9.58. The van der Waals surface area contributed by atoms with Gasteiger partial charge in [-0.2, -0.15) is 0 Å². The highest BCUT2D eigenvalue weighted by molar-refractivity contribution is 5.88. The Balaban J connectivity index is 3.10. The molecule has 116 valence electrons. The Morgan fingerprint density at radius 3 is 2.24 bits per heavy atom. The summed E-state index contributed by atoms with van der Waals surface area (Å²) in [6, 6.07) is 3.02. The summed E-state index contributed by atoms with van der Waals surface area (Å²) < 4.78 is 0. The molecular weight excluding hydrogens is 270 g/mol. The van der Waals surface area contributed by atoms with Crippen LogP contribution in [0.1, 0.15) is 50.7 Å². The van der Waals surface area contributed by atoms with Crippen molar-refractivity contribution in [2.45, 2.75) is 40.0 Å². The van der Waals surface area contributed by atoms with Crippen LogP contribution in [0.15, 0.2) is 12.1 Å². The SMILES string of the molecule is CC(C)(CNc1cc(C(=O)O)cc(C(C)(C)C)n1)C(N)=O. The van der Waals surface area contributed by atoms with Crippen molar-refractivity contribution in [1.82, 2.24) is 4.98 Å². The van der Waals surface area contributed by atoms with Crippen molar-refractivity contribution in [1.29, 1.82) is 0 Å². The van der Waals surface area contributed by atoms with E-state index in [0.717, 1.165) is 0 Å². The molecule has 0 aliphatic carbocycles. The van der Waals surface area contributed by atoms with Crippen LogP contribution in [0.4, 0.5) is 5.82 Å². The zero-order valence-corrected chi connectivity index (χ0v) is 13.2. The van der Waals surface area contributed by atoms with Gasteiger partial charge in [0.05, 0.1) is 11.0 Å². The normalized spacial score (nSPS) is 12.0. The molecule has 0 aromatic carbocycles. The highest BCUT2D eigenvalue weighted by Crippen LogP contribution is 2.24. The van der Waals surface area contributed by atoms with Crippen LogP contribution in [0, 0.1) is 5.41 Å².